The van der Waals surface area contributed by atoms with Gasteiger partial charge in [-0.1, -0.05) is 18.2 Å². The maximum atomic E-state index is 13.7. The first-order chi connectivity index (χ1) is 8.91. The topological polar surface area (TPSA) is 9.23 Å². The third-order valence-corrected chi connectivity index (χ3v) is 2.70. The molecule has 19 heavy (non-hydrogen) atoms. The lowest BCUT2D eigenvalue weighted by molar-refractivity contribution is -0.137. The summed E-state index contributed by atoms with van der Waals surface area (Å²) in [5.74, 6) is -0.309. The van der Waals surface area contributed by atoms with E-state index in [0.29, 0.717) is 17.4 Å². The number of halogens is 4. The fourth-order valence-electron chi connectivity index (χ4n) is 1.70. The molecule has 0 bridgehead atoms. The highest BCUT2D eigenvalue weighted by molar-refractivity contribution is 5.65. The van der Waals surface area contributed by atoms with Gasteiger partial charge in [-0.3, -0.25) is 0 Å². The average Bonchev–Trinajstić information content (AvgIpc) is 2.38. The SMILES string of the molecule is COc1ccc(-c2ccc(C(F)(F)F)cc2F)cc1. The minimum Gasteiger partial charge on any atom is -0.497 e. The molecular formula is C14H10F4O. The van der Waals surface area contributed by atoms with Gasteiger partial charge < -0.3 is 4.74 Å². The van der Waals surface area contributed by atoms with E-state index in [1.165, 1.54) is 7.11 Å². The van der Waals surface area contributed by atoms with Crippen LogP contribution in [0.3, 0.4) is 0 Å². The number of rotatable bonds is 2. The smallest absolute Gasteiger partial charge is 0.416 e. The van der Waals surface area contributed by atoms with Crippen molar-refractivity contribution in [1.29, 1.82) is 0 Å². The Kier molecular flexibility index (Phi) is 3.46. The van der Waals surface area contributed by atoms with E-state index in [2.05, 4.69) is 0 Å². The van der Waals surface area contributed by atoms with E-state index in [-0.39, 0.29) is 5.56 Å². The molecule has 0 spiro atoms. The molecule has 2 aromatic carbocycles. The molecule has 2 aromatic rings. The summed E-state index contributed by atoms with van der Waals surface area (Å²) in [4.78, 5) is 0. The van der Waals surface area contributed by atoms with Crippen molar-refractivity contribution in [2.45, 2.75) is 6.18 Å². The van der Waals surface area contributed by atoms with Gasteiger partial charge in [-0.25, -0.2) is 4.39 Å². The second-order valence-electron chi connectivity index (χ2n) is 3.92. The molecule has 0 fully saturated rings. The predicted octanol–water partition coefficient (Wildman–Crippen LogP) is 4.52. The molecular weight excluding hydrogens is 260 g/mol. The van der Waals surface area contributed by atoms with Crippen LogP contribution in [0.15, 0.2) is 42.5 Å². The molecule has 0 radical (unpaired) electrons. The lowest BCUT2D eigenvalue weighted by atomic mass is 10.0. The molecule has 5 heteroatoms. The van der Waals surface area contributed by atoms with Crippen molar-refractivity contribution in [2.24, 2.45) is 0 Å². The molecule has 0 atom stereocenters. The molecule has 1 nitrogen and oxygen atoms in total. The lowest BCUT2D eigenvalue weighted by Crippen LogP contribution is -2.05. The van der Waals surface area contributed by atoms with E-state index in [0.717, 1.165) is 12.1 Å². The molecule has 0 aliphatic carbocycles. The van der Waals surface area contributed by atoms with Crippen LogP contribution >= 0.6 is 0 Å². The van der Waals surface area contributed by atoms with E-state index < -0.39 is 17.6 Å². The van der Waals surface area contributed by atoms with E-state index in [9.17, 15) is 17.6 Å². The Hall–Kier alpha value is -2.04. The highest BCUT2D eigenvalue weighted by atomic mass is 19.4. The molecule has 0 saturated carbocycles. The van der Waals surface area contributed by atoms with Crippen molar-refractivity contribution in [3.05, 3.63) is 53.8 Å². The predicted molar refractivity (Wildman–Crippen MR) is 63.4 cm³/mol. The largest absolute Gasteiger partial charge is 0.497 e. The van der Waals surface area contributed by atoms with Crippen LogP contribution in [0.5, 0.6) is 5.75 Å². The Bertz CT molecular complexity index is 573. The van der Waals surface area contributed by atoms with E-state index in [4.69, 9.17) is 4.74 Å². The highest BCUT2D eigenvalue weighted by Crippen LogP contribution is 2.33. The lowest BCUT2D eigenvalue weighted by Gasteiger charge is -2.09. The molecule has 0 aromatic heterocycles. The van der Waals surface area contributed by atoms with Crippen molar-refractivity contribution < 1.29 is 22.3 Å². The first kappa shape index (κ1) is 13.4. The molecule has 0 saturated heterocycles. The number of hydrogen-bond donors (Lipinski definition) is 0. The van der Waals surface area contributed by atoms with Gasteiger partial charge in [0.05, 0.1) is 12.7 Å². The van der Waals surface area contributed by atoms with E-state index >= 15 is 0 Å². The van der Waals surface area contributed by atoms with Crippen LogP contribution in [0.25, 0.3) is 11.1 Å². The summed E-state index contributed by atoms with van der Waals surface area (Å²) < 4.78 is 55.9. The van der Waals surface area contributed by atoms with Crippen LogP contribution in [0.1, 0.15) is 5.56 Å². The van der Waals surface area contributed by atoms with E-state index in [1.807, 2.05) is 0 Å². The van der Waals surface area contributed by atoms with Crippen LogP contribution in [0.4, 0.5) is 17.6 Å². The molecule has 0 amide bonds. The second kappa shape index (κ2) is 4.91. The number of methoxy groups -OCH3 is 1. The van der Waals surface area contributed by atoms with Crippen LogP contribution in [-0.4, -0.2) is 7.11 Å². The standard InChI is InChI=1S/C14H10F4O/c1-19-11-5-2-9(3-6-11)12-7-4-10(8-13(12)15)14(16,17)18/h2-8H,1H3. The van der Waals surface area contributed by atoms with E-state index in [1.54, 1.807) is 24.3 Å². The molecule has 0 aliphatic rings. The first-order valence-electron chi connectivity index (χ1n) is 5.43. The van der Waals surface area contributed by atoms with Gasteiger partial charge in [-0.15, -0.1) is 0 Å². The average molecular weight is 270 g/mol. The number of ether oxygens (including phenoxy) is 1. The maximum absolute atomic E-state index is 13.7. The zero-order chi connectivity index (χ0) is 14.0. The molecule has 0 N–H and O–H groups in total. The van der Waals surface area contributed by atoms with Crippen LogP contribution in [-0.2, 0) is 6.18 Å². The fourth-order valence-corrected chi connectivity index (χ4v) is 1.70. The van der Waals surface area contributed by atoms with Gasteiger partial charge in [0.2, 0.25) is 0 Å². The highest BCUT2D eigenvalue weighted by Gasteiger charge is 2.31. The number of benzene rings is 2. The summed E-state index contributed by atoms with van der Waals surface area (Å²) in [6, 6.07) is 8.90. The van der Waals surface area contributed by atoms with Crippen LogP contribution in [0.2, 0.25) is 0 Å². The zero-order valence-corrected chi connectivity index (χ0v) is 9.96. The van der Waals surface area contributed by atoms with Crippen LogP contribution < -0.4 is 4.74 Å². The molecule has 0 aliphatic heterocycles. The summed E-state index contributed by atoms with van der Waals surface area (Å²) in [6.07, 6.45) is -4.54. The molecule has 0 unspecified atom stereocenters. The van der Waals surface area contributed by atoms with Gasteiger partial charge in [-0.2, -0.15) is 13.2 Å². The third-order valence-electron chi connectivity index (χ3n) is 2.70. The monoisotopic (exact) mass is 270 g/mol. The van der Waals surface area contributed by atoms with Gasteiger partial charge >= 0.3 is 6.18 Å². The van der Waals surface area contributed by atoms with Crippen LogP contribution in [0, 0.1) is 5.82 Å². The Morgan fingerprint density at radius 3 is 2.05 bits per heavy atom. The summed E-state index contributed by atoms with van der Waals surface area (Å²) in [7, 11) is 1.49. The first-order valence-corrected chi connectivity index (χ1v) is 5.43. The molecule has 0 heterocycles. The van der Waals surface area contributed by atoms with Gasteiger partial charge in [0.15, 0.2) is 0 Å². The van der Waals surface area contributed by atoms with Crippen molar-refractivity contribution in [3.8, 4) is 16.9 Å². The Morgan fingerprint density at radius 1 is 0.947 bits per heavy atom. The number of hydrogen-bond acceptors (Lipinski definition) is 1. The Morgan fingerprint density at radius 2 is 1.58 bits per heavy atom. The molecule has 100 valence electrons. The van der Waals surface area contributed by atoms with Crippen molar-refractivity contribution in [1.82, 2.24) is 0 Å². The van der Waals surface area contributed by atoms with Gasteiger partial charge in [0.25, 0.3) is 0 Å². The van der Waals surface area contributed by atoms with Gasteiger partial charge in [0.1, 0.15) is 11.6 Å². The minimum absolute atomic E-state index is 0.121. The third kappa shape index (κ3) is 2.86. The normalized spacial score (nSPS) is 11.4. The van der Waals surface area contributed by atoms with Crippen molar-refractivity contribution >= 4 is 0 Å². The summed E-state index contributed by atoms with van der Waals surface area (Å²) in [5, 5.41) is 0. The number of alkyl halides is 3. The summed E-state index contributed by atoms with van der Waals surface area (Å²) >= 11 is 0. The van der Waals surface area contributed by atoms with Gasteiger partial charge in [-0.05, 0) is 29.8 Å². The molecule has 2 rings (SSSR count). The van der Waals surface area contributed by atoms with Crippen molar-refractivity contribution in [2.75, 3.05) is 7.11 Å². The quantitative estimate of drug-likeness (QED) is 0.729. The summed E-state index contributed by atoms with van der Waals surface area (Å²) in [6.45, 7) is 0. The Labute approximate surface area is 107 Å². The fraction of sp³-hybridized carbons (Fsp3) is 0.143. The zero-order valence-electron chi connectivity index (χ0n) is 9.96. The minimum atomic E-state index is -4.54. The van der Waals surface area contributed by atoms with Gasteiger partial charge in [0, 0.05) is 5.56 Å². The Balaban J connectivity index is 2.40. The van der Waals surface area contributed by atoms with Crippen molar-refractivity contribution in [3.63, 3.8) is 0 Å². The summed E-state index contributed by atoms with van der Waals surface area (Å²) in [5.41, 5.74) is -0.384. The second-order valence-corrected chi connectivity index (χ2v) is 3.92. The maximum Gasteiger partial charge on any atom is 0.416 e.